The molecule has 3 rings (SSSR count). The van der Waals surface area contributed by atoms with Crippen molar-refractivity contribution in [2.45, 2.75) is 59.8 Å². The van der Waals surface area contributed by atoms with E-state index >= 15 is 0 Å². The second-order valence-electron chi connectivity index (χ2n) is 7.96. The van der Waals surface area contributed by atoms with Gasteiger partial charge in [0, 0.05) is 22.8 Å². The highest BCUT2D eigenvalue weighted by atomic mass is 32.1. The maximum Gasteiger partial charge on any atom is 0.118 e. The predicted molar refractivity (Wildman–Crippen MR) is 119 cm³/mol. The monoisotopic (exact) mass is 381 g/mol. The molecule has 1 aliphatic rings. The lowest BCUT2D eigenvalue weighted by atomic mass is 9.93. The first-order chi connectivity index (χ1) is 12.6. The van der Waals surface area contributed by atoms with Crippen LogP contribution in [0.4, 0.5) is 0 Å². The van der Waals surface area contributed by atoms with Crippen LogP contribution in [0.2, 0.25) is 0 Å². The second-order valence-corrected chi connectivity index (χ2v) is 8.82. The van der Waals surface area contributed by atoms with Crippen LogP contribution in [0, 0.1) is 0 Å². The van der Waals surface area contributed by atoms with Crippen molar-refractivity contribution in [1.29, 1.82) is 0 Å². The fraction of sp³-hybridized carbons (Fsp3) is 0.375. The zero-order chi connectivity index (χ0) is 20.2. The van der Waals surface area contributed by atoms with Crippen molar-refractivity contribution in [1.82, 2.24) is 4.98 Å². The van der Waals surface area contributed by atoms with Crippen LogP contribution in [0.1, 0.15) is 69.8 Å². The van der Waals surface area contributed by atoms with Crippen molar-refractivity contribution >= 4 is 22.5 Å². The Hall–Kier alpha value is -2.13. The number of fused-ring (bicyclic) bond motifs is 1. The third kappa shape index (κ3) is 5.20. The molecule has 0 unspecified atom stereocenters. The highest BCUT2D eigenvalue weighted by molar-refractivity contribution is 7.10. The molecule has 0 fully saturated rings. The maximum atomic E-state index is 9.41. The molecule has 144 valence electrons. The Balaban J connectivity index is 0.000000194. The highest BCUT2D eigenvalue weighted by Gasteiger charge is 2.20. The molecule has 0 saturated carbocycles. The Bertz CT molecular complexity index is 874. The lowest BCUT2D eigenvalue weighted by Gasteiger charge is -2.14. The lowest BCUT2D eigenvalue weighted by Crippen LogP contribution is -2.11. The number of hydrogen-bond acceptors (Lipinski definition) is 3. The SMILES string of the molecule is C=C1/C(=C(\C)O)Cc2ccccc21.CC/C=C(/C)c1nc(C(C)(C)C)cs1. The van der Waals surface area contributed by atoms with Gasteiger partial charge in [0.1, 0.15) is 5.01 Å². The minimum Gasteiger partial charge on any atom is -0.512 e. The summed E-state index contributed by atoms with van der Waals surface area (Å²) in [4.78, 5) is 4.65. The summed E-state index contributed by atoms with van der Waals surface area (Å²) in [6.07, 6.45) is 4.12. The van der Waals surface area contributed by atoms with E-state index in [2.05, 4.69) is 63.7 Å². The Morgan fingerprint density at radius 3 is 2.44 bits per heavy atom. The highest BCUT2D eigenvalue weighted by Crippen LogP contribution is 2.36. The van der Waals surface area contributed by atoms with E-state index in [1.807, 2.05) is 18.2 Å². The van der Waals surface area contributed by atoms with Crippen molar-refractivity contribution < 1.29 is 5.11 Å². The Kier molecular flexibility index (Phi) is 6.83. The number of rotatable bonds is 2. The van der Waals surface area contributed by atoms with Crippen molar-refractivity contribution in [3.05, 3.63) is 75.5 Å². The van der Waals surface area contributed by atoms with E-state index in [9.17, 15) is 5.11 Å². The van der Waals surface area contributed by atoms with Gasteiger partial charge < -0.3 is 5.11 Å². The van der Waals surface area contributed by atoms with Gasteiger partial charge in [0.15, 0.2) is 0 Å². The van der Waals surface area contributed by atoms with Gasteiger partial charge in [0.2, 0.25) is 0 Å². The van der Waals surface area contributed by atoms with Crippen molar-refractivity contribution in [2.75, 3.05) is 0 Å². The number of nitrogens with zero attached hydrogens (tertiary/aromatic N) is 1. The first-order valence-corrected chi connectivity index (χ1v) is 10.3. The number of aliphatic hydroxyl groups is 1. The molecule has 3 heteroatoms. The molecule has 0 atom stereocenters. The van der Waals surface area contributed by atoms with Crippen LogP contribution < -0.4 is 0 Å². The molecule has 0 spiro atoms. The van der Waals surface area contributed by atoms with Gasteiger partial charge in [-0.2, -0.15) is 0 Å². The summed E-state index contributed by atoms with van der Waals surface area (Å²) >= 11 is 1.75. The standard InChI is InChI=1S/C12H19NS.C12H12O/c1-6-7-9(2)11-13-10(8-14-11)12(3,4)5;1-8-11-6-4-3-5-10(11)7-12(8)9(2)13/h7-8H,6H2,1-5H3;3-6,13H,1,7H2,2H3/b9-7-;12-9+. The second kappa shape index (κ2) is 8.71. The third-order valence-corrected chi connectivity index (χ3v) is 5.61. The molecular formula is C24H31NOS. The van der Waals surface area contributed by atoms with E-state index in [-0.39, 0.29) is 5.41 Å². The molecule has 2 aromatic rings. The smallest absolute Gasteiger partial charge is 0.118 e. The maximum absolute atomic E-state index is 9.41. The van der Waals surface area contributed by atoms with Crippen LogP contribution in [0.3, 0.4) is 0 Å². The van der Waals surface area contributed by atoms with Gasteiger partial charge in [0.25, 0.3) is 0 Å². The van der Waals surface area contributed by atoms with E-state index in [0.717, 1.165) is 29.0 Å². The number of aromatic nitrogens is 1. The molecule has 0 radical (unpaired) electrons. The van der Waals surface area contributed by atoms with E-state index in [4.69, 9.17) is 0 Å². The summed E-state index contributed by atoms with van der Waals surface area (Å²) in [5.41, 5.74) is 7.04. The molecule has 1 aromatic carbocycles. The summed E-state index contributed by atoms with van der Waals surface area (Å²) in [6.45, 7) is 16.6. The summed E-state index contributed by atoms with van der Waals surface area (Å²) in [5.74, 6) is 0.390. The van der Waals surface area contributed by atoms with Crippen LogP contribution in [0.15, 0.2) is 53.6 Å². The van der Waals surface area contributed by atoms with Crippen LogP contribution in [-0.4, -0.2) is 10.1 Å². The van der Waals surface area contributed by atoms with Crippen molar-refractivity contribution in [3.63, 3.8) is 0 Å². The fourth-order valence-electron chi connectivity index (χ4n) is 2.97. The van der Waals surface area contributed by atoms with Crippen molar-refractivity contribution in [2.24, 2.45) is 0 Å². The zero-order valence-electron chi connectivity index (χ0n) is 17.4. The van der Waals surface area contributed by atoms with Crippen molar-refractivity contribution in [3.8, 4) is 0 Å². The van der Waals surface area contributed by atoms with Gasteiger partial charge >= 0.3 is 0 Å². The van der Waals surface area contributed by atoms with Crippen LogP contribution in [0.25, 0.3) is 11.1 Å². The molecule has 2 nitrogen and oxygen atoms in total. The van der Waals surface area contributed by atoms with Gasteiger partial charge in [-0.3, -0.25) is 0 Å². The summed E-state index contributed by atoms with van der Waals surface area (Å²) in [7, 11) is 0. The van der Waals surface area contributed by atoms with Crippen LogP contribution >= 0.6 is 11.3 Å². The number of hydrogen-bond donors (Lipinski definition) is 1. The summed E-state index contributed by atoms with van der Waals surface area (Å²) < 4.78 is 0. The van der Waals surface area contributed by atoms with Gasteiger partial charge in [-0.15, -0.1) is 11.3 Å². The average molecular weight is 382 g/mol. The molecular weight excluding hydrogens is 350 g/mol. The number of thiazole rings is 1. The third-order valence-electron chi connectivity index (χ3n) is 4.63. The Labute approximate surface area is 168 Å². The quantitative estimate of drug-likeness (QED) is 0.552. The molecule has 1 aromatic heterocycles. The van der Waals surface area contributed by atoms with E-state index in [1.165, 1.54) is 22.4 Å². The van der Waals surface area contributed by atoms with Gasteiger partial charge in [-0.05, 0) is 42.5 Å². The molecule has 1 N–H and O–H groups in total. The largest absolute Gasteiger partial charge is 0.512 e. The first-order valence-electron chi connectivity index (χ1n) is 9.44. The van der Waals surface area contributed by atoms with E-state index in [1.54, 1.807) is 18.3 Å². The molecule has 1 heterocycles. The summed E-state index contributed by atoms with van der Waals surface area (Å²) in [5, 5.41) is 12.7. The molecule has 0 amide bonds. The van der Waals surface area contributed by atoms with E-state index in [0.29, 0.717) is 5.76 Å². The molecule has 0 bridgehead atoms. The molecule has 0 aliphatic heterocycles. The van der Waals surface area contributed by atoms with Gasteiger partial charge in [-0.25, -0.2) is 4.98 Å². The number of allylic oxidation sites excluding steroid dienone is 5. The average Bonchev–Trinajstić information content (AvgIpc) is 3.21. The fourth-order valence-corrected chi connectivity index (χ4v) is 4.02. The topological polar surface area (TPSA) is 33.1 Å². The number of benzene rings is 1. The van der Waals surface area contributed by atoms with Gasteiger partial charge in [-0.1, -0.05) is 64.6 Å². The summed E-state index contributed by atoms with van der Waals surface area (Å²) in [6, 6.07) is 8.14. The van der Waals surface area contributed by atoms with Crippen LogP contribution in [-0.2, 0) is 11.8 Å². The molecule has 0 saturated heterocycles. The van der Waals surface area contributed by atoms with E-state index < -0.39 is 0 Å². The number of aliphatic hydroxyl groups excluding tert-OH is 1. The minimum atomic E-state index is 0.168. The zero-order valence-corrected chi connectivity index (χ0v) is 18.2. The molecule has 27 heavy (non-hydrogen) atoms. The lowest BCUT2D eigenvalue weighted by molar-refractivity contribution is 0.409. The molecule has 1 aliphatic carbocycles. The van der Waals surface area contributed by atoms with Crippen LogP contribution in [0.5, 0.6) is 0 Å². The van der Waals surface area contributed by atoms with Gasteiger partial charge in [0.05, 0.1) is 11.5 Å². The normalized spacial score (nSPS) is 15.9. The Morgan fingerprint density at radius 1 is 1.26 bits per heavy atom. The Morgan fingerprint density at radius 2 is 1.93 bits per heavy atom. The first kappa shape index (κ1) is 21.2. The minimum absolute atomic E-state index is 0.168. The predicted octanol–water partition coefficient (Wildman–Crippen LogP) is 7.34.